The Labute approximate surface area is 109 Å². The molecule has 0 unspecified atom stereocenters. The summed E-state index contributed by atoms with van der Waals surface area (Å²) in [6.45, 7) is 0.0465. The maximum Gasteiger partial charge on any atom is 0.251 e. The molecule has 2 rings (SSSR count). The summed E-state index contributed by atoms with van der Waals surface area (Å²) in [4.78, 5) is 3.68. The second-order valence-corrected chi connectivity index (χ2v) is 7.79. The van der Waals surface area contributed by atoms with Crippen LogP contribution in [0.2, 0.25) is 4.47 Å². The Kier molecular flexibility index (Phi) is 3.74. The first-order valence-corrected chi connectivity index (χ1v) is 7.92. The number of nitrogens with zero attached hydrogens (tertiary/aromatic N) is 1. The molecule has 0 amide bonds. The molecule has 0 atom stereocenters. The molecule has 1 heterocycles. The van der Waals surface area contributed by atoms with Gasteiger partial charge in [-0.1, -0.05) is 35.8 Å². The van der Waals surface area contributed by atoms with Gasteiger partial charge in [-0.25, -0.2) is 18.1 Å². The van der Waals surface area contributed by atoms with Gasteiger partial charge >= 0.3 is 0 Å². The molecule has 0 aromatic carbocycles. The van der Waals surface area contributed by atoms with Crippen LogP contribution < -0.4 is 4.72 Å². The highest BCUT2D eigenvalue weighted by molar-refractivity contribution is 7.91. The smallest absolute Gasteiger partial charge is 0.251 e. The van der Waals surface area contributed by atoms with Crippen LogP contribution in [0.3, 0.4) is 0 Å². The van der Waals surface area contributed by atoms with Crippen molar-refractivity contribution in [2.45, 2.75) is 35.5 Å². The minimum Gasteiger partial charge on any atom is -0.389 e. The predicted octanol–water partition coefficient (Wildman–Crippen LogP) is 1.38. The Morgan fingerprint density at radius 3 is 2.71 bits per heavy atom. The summed E-state index contributed by atoms with van der Waals surface area (Å²) < 4.78 is 26.3. The van der Waals surface area contributed by atoms with Crippen LogP contribution in [0.5, 0.6) is 0 Å². The van der Waals surface area contributed by atoms with E-state index in [0.29, 0.717) is 12.8 Å². The van der Waals surface area contributed by atoms with Gasteiger partial charge < -0.3 is 5.11 Å². The van der Waals surface area contributed by atoms with Gasteiger partial charge in [-0.05, 0) is 12.8 Å². The number of aliphatic hydroxyl groups is 1. The Hall–Kier alpha value is -0.210. The van der Waals surface area contributed by atoms with Crippen LogP contribution in [0.1, 0.15) is 25.7 Å². The lowest BCUT2D eigenvalue weighted by molar-refractivity contribution is 0.0532. The third-order valence-electron chi connectivity index (χ3n) is 2.85. The zero-order valence-electron chi connectivity index (χ0n) is 9.02. The van der Waals surface area contributed by atoms with Gasteiger partial charge in [0.2, 0.25) is 0 Å². The van der Waals surface area contributed by atoms with Crippen molar-refractivity contribution < 1.29 is 13.5 Å². The summed E-state index contributed by atoms with van der Waals surface area (Å²) in [5.74, 6) is 0. The van der Waals surface area contributed by atoms with Gasteiger partial charge in [0.15, 0.2) is 8.68 Å². The average molecular weight is 297 g/mol. The van der Waals surface area contributed by atoms with E-state index in [2.05, 4.69) is 9.71 Å². The van der Waals surface area contributed by atoms with E-state index in [1.165, 1.54) is 6.20 Å². The molecule has 2 N–H and O–H groups in total. The molecule has 1 aliphatic carbocycles. The maximum absolute atomic E-state index is 11.8. The van der Waals surface area contributed by atoms with Crippen LogP contribution in [0.4, 0.5) is 0 Å². The molecule has 96 valence electrons. The Morgan fingerprint density at radius 1 is 1.53 bits per heavy atom. The highest BCUT2D eigenvalue weighted by atomic mass is 35.5. The van der Waals surface area contributed by atoms with Crippen molar-refractivity contribution in [2.24, 2.45) is 0 Å². The van der Waals surface area contributed by atoms with Crippen LogP contribution in [0.25, 0.3) is 0 Å². The number of rotatable bonds is 4. The van der Waals surface area contributed by atoms with E-state index in [9.17, 15) is 13.5 Å². The fourth-order valence-electron chi connectivity index (χ4n) is 1.87. The summed E-state index contributed by atoms with van der Waals surface area (Å²) in [7, 11) is -3.60. The van der Waals surface area contributed by atoms with E-state index in [1.54, 1.807) is 0 Å². The van der Waals surface area contributed by atoms with E-state index in [1.807, 2.05) is 0 Å². The number of nitrogens with one attached hydrogen (secondary N) is 1. The van der Waals surface area contributed by atoms with Crippen LogP contribution in [0, 0.1) is 0 Å². The average Bonchev–Trinajstić information content (AvgIpc) is 2.86. The summed E-state index contributed by atoms with van der Waals surface area (Å²) in [6, 6.07) is 0. The molecule has 1 fully saturated rings. The van der Waals surface area contributed by atoms with E-state index in [0.717, 1.165) is 24.2 Å². The summed E-state index contributed by atoms with van der Waals surface area (Å²) >= 11 is 6.49. The third kappa shape index (κ3) is 3.17. The molecular formula is C9H13ClN2O3S2. The van der Waals surface area contributed by atoms with Crippen LogP contribution in [-0.4, -0.2) is 30.7 Å². The van der Waals surface area contributed by atoms with Crippen LogP contribution >= 0.6 is 22.9 Å². The normalized spacial score (nSPS) is 19.6. The first-order chi connectivity index (χ1) is 7.91. The second kappa shape index (κ2) is 4.81. The molecule has 0 saturated heterocycles. The maximum atomic E-state index is 11.8. The summed E-state index contributed by atoms with van der Waals surface area (Å²) in [6.07, 6.45) is 4.36. The molecular weight excluding hydrogens is 284 g/mol. The van der Waals surface area contributed by atoms with E-state index in [-0.39, 0.29) is 15.2 Å². The van der Waals surface area contributed by atoms with Crippen molar-refractivity contribution in [3.8, 4) is 0 Å². The van der Waals surface area contributed by atoms with E-state index < -0.39 is 15.6 Å². The highest BCUT2D eigenvalue weighted by Crippen LogP contribution is 2.29. The number of aromatic nitrogens is 1. The molecule has 0 radical (unpaired) electrons. The zero-order chi connectivity index (χ0) is 12.5. The van der Waals surface area contributed by atoms with Crippen LogP contribution in [-0.2, 0) is 10.0 Å². The fourth-order valence-corrected chi connectivity index (χ4v) is 4.33. The lowest BCUT2D eigenvalue weighted by Crippen LogP contribution is -2.40. The molecule has 1 saturated carbocycles. The molecule has 1 aromatic rings. The third-order valence-corrected chi connectivity index (χ3v) is 5.82. The zero-order valence-corrected chi connectivity index (χ0v) is 11.4. The second-order valence-electron chi connectivity index (χ2n) is 4.19. The molecule has 8 heteroatoms. The molecule has 5 nitrogen and oxygen atoms in total. The van der Waals surface area contributed by atoms with Gasteiger partial charge in [0.1, 0.15) is 0 Å². The van der Waals surface area contributed by atoms with Crippen molar-refractivity contribution in [1.29, 1.82) is 0 Å². The summed E-state index contributed by atoms with van der Waals surface area (Å²) in [5.41, 5.74) is -0.901. The van der Waals surface area contributed by atoms with Crippen molar-refractivity contribution in [2.75, 3.05) is 6.54 Å². The molecule has 1 aliphatic rings. The number of hydrogen-bond acceptors (Lipinski definition) is 5. The fraction of sp³-hybridized carbons (Fsp3) is 0.667. The number of halogens is 1. The molecule has 17 heavy (non-hydrogen) atoms. The van der Waals surface area contributed by atoms with E-state index in [4.69, 9.17) is 11.6 Å². The molecule has 0 bridgehead atoms. The largest absolute Gasteiger partial charge is 0.389 e. The van der Waals surface area contributed by atoms with Crippen LogP contribution in [0.15, 0.2) is 10.4 Å². The minimum absolute atomic E-state index is 0.0465. The van der Waals surface area contributed by atoms with Gasteiger partial charge in [-0.3, -0.25) is 0 Å². The standard InChI is InChI=1S/C9H13ClN2O3S2/c10-8-11-5-7(16-8)17(14,15)12-6-9(13)3-1-2-4-9/h5,12-13H,1-4,6H2. The molecule has 0 spiro atoms. The molecule has 0 aliphatic heterocycles. The Balaban J connectivity index is 2.03. The lowest BCUT2D eigenvalue weighted by Gasteiger charge is -2.21. The summed E-state index contributed by atoms with van der Waals surface area (Å²) in [5, 5.41) is 10.0. The Morgan fingerprint density at radius 2 is 2.18 bits per heavy atom. The lowest BCUT2D eigenvalue weighted by atomic mass is 10.0. The topological polar surface area (TPSA) is 79.3 Å². The Bertz CT molecular complexity index is 494. The van der Waals surface area contributed by atoms with Crippen molar-refractivity contribution in [1.82, 2.24) is 9.71 Å². The van der Waals surface area contributed by atoms with Crippen molar-refractivity contribution >= 4 is 33.0 Å². The molecule has 1 aromatic heterocycles. The highest BCUT2D eigenvalue weighted by Gasteiger charge is 2.32. The van der Waals surface area contributed by atoms with Gasteiger partial charge in [0.25, 0.3) is 10.0 Å². The van der Waals surface area contributed by atoms with Gasteiger partial charge in [-0.2, -0.15) is 0 Å². The van der Waals surface area contributed by atoms with Crippen molar-refractivity contribution in [3.05, 3.63) is 10.7 Å². The quantitative estimate of drug-likeness (QED) is 0.880. The predicted molar refractivity (Wildman–Crippen MR) is 65.7 cm³/mol. The number of hydrogen-bond donors (Lipinski definition) is 2. The SMILES string of the molecule is O=S(=O)(NCC1(O)CCCC1)c1cnc(Cl)s1. The number of thiazole rings is 1. The van der Waals surface area contributed by atoms with Gasteiger partial charge in [0.05, 0.1) is 11.8 Å². The van der Waals surface area contributed by atoms with Gasteiger partial charge in [0, 0.05) is 6.54 Å². The van der Waals surface area contributed by atoms with Gasteiger partial charge in [-0.15, -0.1) is 0 Å². The van der Waals surface area contributed by atoms with Crippen molar-refractivity contribution in [3.63, 3.8) is 0 Å². The number of sulfonamides is 1. The van der Waals surface area contributed by atoms with E-state index >= 15 is 0 Å². The first-order valence-electron chi connectivity index (χ1n) is 5.25. The monoisotopic (exact) mass is 296 g/mol. The minimum atomic E-state index is -3.60. The first kappa shape index (κ1) is 13.2.